The molecule has 3 heteroatoms. The van der Waals surface area contributed by atoms with E-state index in [1.807, 2.05) is 12.1 Å². The Balaban J connectivity index is 2.59. The van der Waals surface area contributed by atoms with Crippen molar-refractivity contribution >= 4 is 11.3 Å². The van der Waals surface area contributed by atoms with Crippen molar-refractivity contribution in [1.82, 2.24) is 0 Å². The fourth-order valence-electron chi connectivity index (χ4n) is 1.13. The zero-order chi connectivity index (χ0) is 9.68. The zero-order valence-electron chi connectivity index (χ0n) is 7.79. The molecule has 0 aliphatic rings. The Morgan fingerprint density at radius 3 is 3.08 bits per heavy atom. The Bertz CT molecular complexity index is 298. The van der Waals surface area contributed by atoms with Crippen LogP contribution in [-0.2, 0) is 6.42 Å². The van der Waals surface area contributed by atoms with E-state index in [-0.39, 0.29) is 0 Å². The Morgan fingerprint density at radius 1 is 1.69 bits per heavy atom. The van der Waals surface area contributed by atoms with Crippen LogP contribution in [0.3, 0.4) is 0 Å². The SMILES string of the molecule is CCCCc1csc(C(N)C#N)c1. The third kappa shape index (κ3) is 2.83. The van der Waals surface area contributed by atoms with E-state index in [0.717, 1.165) is 11.3 Å². The first-order valence-electron chi connectivity index (χ1n) is 4.50. The van der Waals surface area contributed by atoms with Gasteiger partial charge in [-0.2, -0.15) is 5.26 Å². The Hall–Kier alpha value is -0.850. The molecule has 1 aromatic heterocycles. The smallest absolute Gasteiger partial charge is 0.128 e. The van der Waals surface area contributed by atoms with Crippen molar-refractivity contribution in [3.8, 4) is 6.07 Å². The number of nitriles is 1. The van der Waals surface area contributed by atoms with Gasteiger partial charge in [0.1, 0.15) is 6.04 Å². The van der Waals surface area contributed by atoms with Crippen LogP contribution in [-0.4, -0.2) is 0 Å². The highest BCUT2D eigenvalue weighted by atomic mass is 32.1. The number of hydrogen-bond donors (Lipinski definition) is 1. The summed E-state index contributed by atoms with van der Waals surface area (Å²) in [5.74, 6) is 0. The fraction of sp³-hybridized carbons (Fsp3) is 0.500. The van der Waals surface area contributed by atoms with Crippen LogP contribution in [0.25, 0.3) is 0 Å². The second kappa shape index (κ2) is 5.00. The average Bonchev–Trinajstić information content (AvgIpc) is 2.62. The van der Waals surface area contributed by atoms with Gasteiger partial charge in [-0.1, -0.05) is 13.3 Å². The predicted octanol–water partition coefficient (Wildman–Crippen LogP) is 2.61. The lowest BCUT2D eigenvalue weighted by molar-refractivity contribution is 0.796. The molecule has 0 aromatic carbocycles. The van der Waals surface area contributed by atoms with Crippen LogP contribution in [0, 0.1) is 11.3 Å². The second-order valence-corrected chi connectivity index (χ2v) is 4.01. The molecule has 13 heavy (non-hydrogen) atoms. The molecule has 1 rings (SSSR count). The summed E-state index contributed by atoms with van der Waals surface area (Å²) in [5, 5.41) is 10.7. The molecule has 0 saturated carbocycles. The molecule has 0 amide bonds. The summed E-state index contributed by atoms with van der Waals surface area (Å²) < 4.78 is 0. The minimum atomic E-state index is -0.444. The lowest BCUT2D eigenvalue weighted by Crippen LogP contribution is -2.04. The minimum Gasteiger partial charge on any atom is -0.312 e. The number of hydrogen-bond acceptors (Lipinski definition) is 3. The predicted molar refractivity (Wildman–Crippen MR) is 55.5 cm³/mol. The summed E-state index contributed by atoms with van der Waals surface area (Å²) in [7, 11) is 0. The van der Waals surface area contributed by atoms with Crippen LogP contribution in [0.15, 0.2) is 11.4 Å². The molecular formula is C10H14N2S. The number of unbranched alkanes of at least 4 members (excludes halogenated alkanes) is 1. The van der Waals surface area contributed by atoms with Gasteiger partial charge >= 0.3 is 0 Å². The highest BCUT2D eigenvalue weighted by molar-refractivity contribution is 7.10. The molecule has 0 saturated heterocycles. The molecule has 2 N–H and O–H groups in total. The van der Waals surface area contributed by atoms with E-state index in [9.17, 15) is 0 Å². The summed E-state index contributed by atoms with van der Waals surface area (Å²) in [6.45, 7) is 2.17. The molecule has 1 heterocycles. The average molecular weight is 194 g/mol. The van der Waals surface area contributed by atoms with Crippen molar-refractivity contribution in [2.24, 2.45) is 5.73 Å². The lowest BCUT2D eigenvalue weighted by atomic mass is 10.1. The Kier molecular flexibility index (Phi) is 3.94. The fourth-order valence-corrected chi connectivity index (χ4v) is 2.03. The van der Waals surface area contributed by atoms with E-state index >= 15 is 0 Å². The Labute approximate surface area is 83.0 Å². The Morgan fingerprint density at radius 2 is 2.46 bits per heavy atom. The van der Waals surface area contributed by atoms with Crippen LogP contribution in [0.4, 0.5) is 0 Å². The first-order valence-corrected chi connectivity index (χ1v) is 5.38. The molecule has 0 aliphatic heterocycles. The van der Waals surface area contributed by atoms with Gasteiger partial charge in [0.25, 0.3) is 0 Å². The number of nitrogens with two attached hydrogens (primary N) is 1. The van der Waals surface area contributed by atoms with E-state index in [0.29, 0.717) is 0 Å². The van der Waals surface area contributed by atoms with Gasteiger partial charge in [-0.15, -0.1) is 11.3 Å². The van der Waals surface area contributed by atoms with Gasteiger partial charge in [0.15, 0.2) is 0 Å². The number of nitrogens with zero attached hydrogens (tertiary/aromatic N) is 1. The largest absolute Gasteiger partial charge is 0.312 e. The normalized spacial score (nSPS) is 12.4. The van der Waals surface area contributed by atoms with Gasteiger partial charge in [0.2, 0.25) is 0 Å². The molecule has 1 atom stereocenters. The molecule has 70 valence electrons. The van der Waals surface area contributed by atoms with Crippen molar-refractivity contribution in [3.05, 3.63) is 21.9 Å². The highest BCUT2D eigenvalue weighted by Crippen LogP contribution is 2.21. The van der Waals surface area contributed by atoms with Gasteiger partial charge in [-0.3, -0.25) is 0 Å². The summed E-state index contributed by atoms with van der Waals surface area (Å²) in [5.41, 5.74) is 6.90. The second-order valence-electron chi connectivity index (χ2n) is 3.07. The van der Waals surface area contributed by atoms with Crippen molar-refractivity contribution in [3.63, 3.8) is 0 Å². The number of rotatable bonds is 4. The van der Waals surface area contributed by atoms with E-state index in [4.69, 9.17) is 11.0 Å². The molecule has 2 nitrogen and oxygen atoms in total. The third-order valence-electron chi connectivity index (χ3n) is 1.94. The van der Waals surface area contributed by atoms with E-state index < -0.39 is 6.04 Å². The van der Waals surface area contributed by atoms with Crippen LogP contribution in [0.2, 0.25) is 0 Å². The molecule has 0 spiro atoms. The quantitative estimate of drug-likeness (QED) is 0.801. The first kappa shape index (κ1) is 10.2. The molecule has 0 aliphatic carbocycles. The summed E-state index contributed by atoms with van der Waals surface area (Å²) in [6.07, 6.45) is 3.51. The highest BCUT2D eigenvalue weighted by Gasteiger charge is 2.06. The third-order valence-corrected chi connectivity index (χ3v) is 3.00. The maximum absolute atomic E-state index is 8.61. The van der Waals surface area contributed by atoms with Gasteiger partial charge in [0.05, 0.1) is 6.07 Å². The molecule has 1 aromatic rings. The van der Waals surface area contributed by atoms with Crippen molar-refractivity contribution in [2.45, 2.75) is 32.2 Å². The van der Waals surface area contributed by atoms with Gasteiger partial charge in [0, 0.05) is 4.88 Å². The zero-order valence-corrected chi connectivity index (χ0v) is 8.60. The molecular weight excluding hydrogens is 180 g/mol. The van der Waals surface area contributed by atoms with Crippen LogP contribution >= 0.6 is 11.3 Å². The summed E-state index contributed by atoms with van der Waals surface area (Å²) in [6, 6.07) is 3.64. The van der Waals surface area contributed by atoms with Gasteiger partial charge in [-0.25, -0.2) is 0 Å². The van der Waals surface area contributed by atoms with Gasteiger partial charge < -0.3 is 5.73 Å². The van der Waals surface area contributed by atoms with Crippen molar-refractivity contribution < 1.29 is 0 Å². The topological polar surface area (TPSA) is 49.8 Å². The minimum absolute atomic E-state index is 0.444. The monoisotopic (exact) mass is 194 g/mol. The maximum atomic E-state index is 8.61. The standard InChI is InChI=1S/C10H14N2S/c1-2-3-4-8-5-10(13-7-8)9(12)6-11/h5,7,9H,2-4,12H2,1H3. The van der Waals surface area contributed by atoms with Crippen molar-refractivity contribution in [2.75, 3.05) is 0 Å². The van der Waals surface area contributed by atoms with E-state index in [1.54, 1.807) is 11.3 Å². The van der Waals surface area contributed by atoms with E-state index in [1.165, 1.54) is 18.4 Å². The molecule has 0 fully saturated rings. The first-order chi connectivity index (χ1) is 6.27. The van der Waals surface area contributed by atoms with Crippen LogP contribution in [0.1, 0.15) is 36.2 Å². The summed E-state index contributed by atoms with van der Waals surface area (Å²) >= 11 is 1.59. The van der Waals surface area contributed by atoms with Gasteiger partial charge in [-0.05, 0) is 29.9 Å². The molecule has 0 bridgehead atoms. The molecule has 1 unspecified atom stereocenters. The van der Waals surface area contributed by atoms with Crippen molar-refractivity contribution in [1.29, 1.82) is 5.26 Å². The van der Waals surface area contributed by atoms with Crippen LogP contribution < -0.4 is 5.73 Å². The number of thiophene rings is 1. The molecule has 0 radical (unpaired) electrons. The van der Waals surface area contributed by atoms with E-state index in [2.05, 4.69) is 12.3 Å². The maximum Gasteiger partial charge on any atom is 0.128 e. The lowest BCUT2D eigenvalue weighted by Gasteiger charge is -1.95. The van der Waals surface area contributed by atoms with Crippen LogP contribution in [0.5, 0.6) is 0 Å². The summed E-state index contributed by atoms with van der Waals surface area (Å²) in [4.78, 5) is 0.980. The number of aryl methyl sites for hydroxylation is 1.